The molecule has 1 aromatic carbocycles. The summed E-state index contributed by atoms with van der Waals surface area (Å²) < 4.78 is 40.5. The highest BCUT2D eigenvalue weighted by Gasteiger charge is 2.39. The van der Waals surface area contributed by atoms with Crippen molar-refractivity contribution in [2.24, 2.45) is 0 Å². The molecule has 0 amide bonds. The minimum atomic E-state index is -3.24. The highest BCUT2D eigenvalue weighted by Crippen LogP contribution is 2.36. The minimum absolute atomic E-state index is 0.0173. The molecule has 2 unspecified atom stereocenters. The zero-order valence-corrected chi connectivity index (χ0v) is 22.8. The van der Waals surface area contributed by atoms with Crippen molar-refractivity contribution in [3.05, 3.63) is 42.2 Å². The van der Waals surface area contributed by atoms with Crippen molar-refractivity contribution in [2.75, 3.05) is 47.6 Å². The highest BCUT2D eigenvalue weighted by atomic mass is 32.2. The fourth-order valence-electron chi connectivity index (χ4n) is 5.16. The minimum Gasteiger partial charge on any atom is -0.390 e. The maximum Gasteiger partial charge on any atom is 0.227 e. The molecular weight excluding hydrogens is 509 g/mol. The molecule has 0 bridgehead atoms. The Bertz CT molecular complexity index is 1440. The number of aromatic nitrogens is 3. The van der Waals surface area contributed by atoms with Crippen LogP contribution in [0.15, 0.2) is 36.7 Å². The van der Waals surface area contributed by atoms with Gasteiger partial charge in [0.1, 0.15) is 11.6 Å². The van der Waals surface area contributed by atoms with Crippen molar-refractivity contribution < 1.29 is 17.9 Å². The molecule has 2 fully saturated rings. The maximum atomic E-state index is 14.7. The number of alkyl halides is 1. The number of anilines is 4. The van der Waals surface area contributed by atoms with Gasteiger partial charge in [-0.15, -0.1) is 0 Å². The number of nitrogens with zero attached hydrogens (tertiary/aromatic N) is 5. The molecule has 0 aliphatic carbocycles. The number of pyridine rings is 1. The normalized spacial score (nSPS) is 22.7. The molecule has 3 aromatic rings. The molecule has 0 saturated carbocycles. The van der Waals surface area contributed by atoms with Crippen molar-refractivity contribution in [1.29, 1.82) is 0 Å². The number of rotatable bonds is 7. The van der Waals surface area contributed by atoms with Crippen LogP contribution in [0.25, 0.3) is 10.8 Å². The van der Waals surface area contributed by atoms with Gasteiger partial charge in [0, 0.05) is 43.1 Å². The van der Waals surface area contributed by atoms with Crippen LogP contribution in [0, 0.1) is 0 Å². The van der Waals surface area contributed by atoms with E-state index in [2.05, 4.69) is 55.9 Å². The van der Waals surface area contributed by atoms with Gasteiger partial charge in [-0.1, -0.05) is 19.9 Å². The Labute approximate surface area is 222 Å². The SMILES string of the molecule is CC(C)c1ccc(N2CC(NS(C)(=O)=O)C2)c2cnc(Nc3ccnc(N4CCC(O)C(C)(F)C4)n3)cc12. The Balaban J connectivity index is 1.39. The zero-order chi connectivity index (χ0) is 27.2. The summed E-state index contributed by atoms with van der Waals surface area (Å²) in [6.45, 7) is 7.36. The van der Waals surface area contributed by atoms with Crippen LogP contribution in [0.1, 0.15) is 38.7 Å². The van der Waals surface area contributed by atoms with Gasteiger partial charge in [-0.05, 0) is 48.4 Å². The lowest BCUT2D eigenvalue weighted by Gasteiger charge is -2.41. The molecule has 5 rings (SSSR count). The molecule has 4 heterocycles. The number of nitrogens with one attached hydrogen (secondary N) is 2. The Hall–Kier alpha value is -3.09. The molecule has 2 aliphatic heterocycles. The fourth-order valence-corrected chi connectivity index (χ4v) is 5.91. The predicted molar refractivity (Wildman–Crippen MR) is 147 cm³/mol. The first-order valence-corrected chi connectivity index (χ1v) is 14.7. The Morgan fingerprint density at radius 2 is 1.89 bits per heavy atom. The second-order valence-corrected chi connectivity index (χ2v) is 12.6. The van der Waals surface area contributed by atoms with Gasteiger partial charge in [-0.25, -0.2) is 27.5 Å². The van der Waals surface area contributed by atoms with Gasteiger partial charge in [0.2, 0.25) is 16.0 Å². The quantitative estimate of drug-likeness (QED) is 0.413. The lowest BCUT2D eigenvalue weighted by Crippen LogP contribution is -2.59. The molecule has 12 heteroatoms. The van der Waals surface area contributed by atoms with E-state index in [0.717, 1.165) is 16.5 Å². The molecule has 2 saturated heterocycles. The molecule has 3 N–H and O–H groups in total. The average Bonchev–Trinajstić information content (AvgIpc) is 2.81. The van der Waals surface area contributed by atoms with Gasteiger partial charge in [-0.3, -0.25) is 0 Å². The third-order valence-electron chi connectivity index (χ3n) is 7.19. The summed E-state index contributed by atoms with van der Waals surface area (Å²) in [5, 5.41) is 15.2. The van der Waals surface area contributed by atoms with Crippen LogP contribution in [0.2, 0.25) is 0 Å². The van der Waals surface area contributed by atoms with Crippen LogP contribution >= 0.6 is 0 Å². The van der Waals surface area contributed by atoms with Gasteiger partial charge < -0.3 is 20.2 Å². The number of aliphatic hydroxyl groups excluding tert-OH is 1. The number of fused-ring (bicyclic) bond motifs is 1. The van der Waals surface area contributed by atoms with E-state index in [1.165, 1.54) is 18.7 Å². The van der Waals surface area contributed by atoms with Crippen molar-refractivity contribution in [1.82, 2.24) is 19.7 Å². The van der Waals surface area contributed by atoms with Crippen molar-refractivity contribution in [3.8, 4) is 0 Å². The van der Waals surface area contributed by atoms with E-state index < -0.39 is 21.8 Å². The van der Waals surface area contributed by atoms with E-state index in [1.807, 2.05) is 12.3 Å². The first kappa shape index (κ1) is 26.5. The van der Waals surface area contributed by atoms with E-state index in [0.29, 0.717) is 43.6 Å². The van der Waals surface area contributed by atoms with Gasteiger partial charge in [0.15, 0.2) is 5.67 Å². The summed E-state index contributed by atoms with van der Waals surface area (Å²) in [5.74, 6) is 1.83. The maximum absolute atomic E-state index is 14.7. The van der Waals surface area contributed by atoms with Crippen LogP contribution in [-0.4, -0.2) is 78.7 Å². The second-order valence-electron chi connectivity index (χ2n) is 10.8. The Kier molecular flexibility index (Phi) is 6.91. The number of piperidine rings is 1. The molecule has 2 aromatic heterocycles. The van der Waals surface area contributed by atoms with Gasteiger partial charge >= 0.3 is 0 Å². The fraction of sp³-hybridized carbons (Fsp3) is 0.500. The van der Waals surface area contributed by atoms with E-state index in [1.54, 1.807) is 17.2 Å². The second kappa shape index (κ2) is 9.90. The van der Waals surface area contributed by atoms with Crippen molar-refractivity contribution in [3.63, 3.8) is 0 Å². The molecule has 38 heavy (non-hydrogen) atoms. The lowest BCUT2D eigenvalue weighted by molar-refractivity contribution is -0.00860. The topological polar surface area (TPSA) is 124 Å². The number of aliphatic hydroxyl groups is 1. The standard InChI is InChI=1S/C26H34FN7O3S/c1-16(2)18-5-6-21(34-13-17(14-34)32-38(4,36)37)20-12-29-24(11-19(18)20)30-23-7-9-28-25(31-23)33-10-8-22(35)26(3,27)15-33/h5-7,9,11-12,16-17,22,32,35H,8,10,13-15H2,1-4H3,(H,28,29,30,31). The number of hydrogen-bond acceptors (Lipinski definition) is 9. The first-order chi connectivity index (χ1) is 17.9. The van der Waals surface area contributed by atoms with E-state index in [4.69, 9.17) is 0 Å². The van der Waals surface area contributed by atoms with Crippen LogP contribution in [0.4, 0.5) is 27.7 Å². The molecule has 0 radical (unpaired) electrons. The Morgan fingerprint density at radius 1 is 1.13 bits per heavy atom. The van der Waals surface area contributed by atoms with Crippen LogP contribution < -0.4 is 19.8 Å². The molecular formula is C26H34FN7O3S. The van der Waals surface area contributed by atoms with Crippen LogP contribution in [-0.2, 0) is 10.0 Å². The molecule has 204 valence electrons. The summed E-state index contributed by atoms with van der Waals surface area (Å²) in [5.41, 5.74) is 0.464. The summed E-state index contributed by atoms with van der Waals surface area (Å²) in [7, 11) is -3.24. The number of benzene rings is 1. The van der Waals surface area contributed by atoms with Gasteiger partial charge in [-0.2, -0.15) is 4.98 Å². The van der Waals surface area contributed by atoms with E-state index in [9.17, 15) is 17.9 Å². The van der Waals surface area contributed by atoms with E-state index >= 15 is 0 Å². The smallest absolute Gasteiger partial charge is 0.227 e. The van der Waals surface area contributed by atoms with Gasteiger partial charge in [0.05, 0.1) is 24.9 Å². The Morgan fingerprint density at radius 3 is 2.58 bits per heavy atom. The number of sulfonamides is 1. The monoisotopic (exact) mass is 543 g/mol. The van der Waals surface area contributed by atoms with Crippen molar-refractivity contribution in [2.45, 2.75) is 50.9 Å². The van der Waals surface area contributed by atoms with Crippen molar-refractivity contribution >= 4 is 44.1 Å². The lowest BCUT2D eigenvalue weighted by atomic mass is 9.94. The molecule has 10 nitrogen and oxygen atoms in total. The zero-order valence-electron chi connectivity index (χ0n) is 22.0. The number of halogens is 1. The average molecular weight is 544 g/mol. The molecule has 0 spiro atoms. The number of hydrogen-bond donors (Lipinski definition) is 3. The summed E-state index contributed by atoms with van der Waals surface area (Å²) in [4.78, 5) is 17.4. The van der Waals surface area contributed by atoms with Crippen LogP contribution in [0.5, 0.6) is 0 Å². The predicted octanol–water partition coefficient (Wildman–Crippen LogP) is 2.93. The molecule has 2 aliphatic rings. The highest BCUT2D eigenvalue weighted by molar-refractivity contribution is 7.88. The summed E-state index contributed by atoms with van der Waals surface area (Å²) in [6.07, 6.45) is 3.94. The first-order valence-electron chi connectivity index (χ1n) is 12.8. The van der Waals surface area contributed by atoms with E-state index in [-0.39, 0.29) is 18.5 Å². The largest absolute Gasteiger partial charge is 0.390 e. The van der Waals surface area contributed by atoms with Crippen LogP contribution in [0.3, 0.4) is 0 Å². The molecule has 2 atom stereocenters. The third kappa shape index (κ3) is 5.52. The summed E-state index contributed by atoms with van der Waals surface area (Å²) in [6, 6.07) is 7.82. The third-order valence-corrected chi connectivity index (χ3v) is 7.95. The van der Waals surface area contributed by atoms with Gasteiger partial charge in [0.25, 0.3) is 0 Å². The summed E-state index contributed by atoms with van der Waals surface area (Å²) >= 11 is 0.